The highest BCUT2D eigenvalue weighted by molar-refractivity contribution is 9.10. The van der Waals surface area contributed by atoms with E-state index >= 15 is 0 Å². The van der Waals surface area contributed by atoms with E-state index in [9.17, 15) is 4.39 Å². The fraction of sp³-hybridized carbons (Fsp3) is 0.200. The number of nitrogens with one attached hydrogen (secondary N) is 1. The number of rotatable bonds is 3. The highest BCUT2D eigenvalue weighted by Crippen LogP contribution is 2.37. The Bertz CT molecular complexity index is 661. The van der Waals surface area contributed by atoms with Crippen LogP contribution in [0.25, 0.3) is 0 Å². The van der Waals surface area contributed by atoms with Crippen molar-refractivity contribution in [3.8, 4) is 11.5 Å². The molecular formula is C15H13BrFNO2. The van der Waals surface area contributed by atoms with Crippen LogP contribution in [0.4, 0.5) is 10.1 Å². The summed E-state index contributed by atoms with van der Waals surface area (Å²) in [5.41, 5.74) is 2.37. The Hall–Kier alpha value is -1.75. The molecule has 0 saturated heterocycles. The van der Waals surface area contributed by atoms with E-state index in [0.29, 0.717) is 12.2 Å². The highest BCUT2D eigenvalue weighted by Gasteiger charge is 2.16. The van der Waals surface area contributed by atoms with Gasteiger partial charge in [-0.15, -0.1) is 0 Å². The van der Waals surface area contributed by atoms with Crippen LogP contribution < -0.4 is 14.8 Å². The van der Waals surface area contributed by atoms with E-state index in [1.807, 2.05) is 25.1 Å². The van der Waals surface area contributed by atoms with Gasteiger partial charge in [-0.25, -0.2) is 4.39 Å². The number of ether oxygens (including phenoxy) is 2. The lowest BCUT2D eigenvalue weighted by atomic mass is 10.2. The van der Waals surface area contributed by atoms with Gasteiger partial charge in [-0.1, -0.05) is 22.0 Å². The number of hydrogen-bond donors (Lipinski definition) is 1. The molecule has 0 bridgehead atoms. The van der Waals surface area contributed by atoms with E-state index < -0.39 is 0 Å². The van der Waals surface area contributed by atoms with Gasteiger partial charge in [0.1, 0.15) is 5.82 Å². The van der Waals surface area contributed by atoms with Crippen LogP contribution in [0.5, 0.6) is 11.5 Å². The number of hydrogen-bond acceptors (Lipinski definition) is 3. The van der Waals surface area contributed by atoms with Crippen molar-refractivity contribution in [2.75, 3.05) is 12.1 Å². The fourth-order valence-electron chi connectivity index (χ4n) is 2.05. The molecule has 0 atom stereocenters. The highest BCUT2D eigenvalue weighted by atomic mass is 79.9. The van der Waals surface area contributed by atoms with Crippen LogP contribution in [0.1, 0.15) is 11.1 Å². The molecule has 104 valence electrons. The third-order valence-electron chi connectivity index (χ3n) is 3.14. The zero-order chi connectivity index (χ0) is 14.1. The number of benzene rings is 2. The molecule has 3 nitrogen and oxygen atoms in total. The molecule has 0 aliphatic carbocycles. The molecule has 1 heterocycles. The van der Waals surface area contributed by atoms with Gasteiger partial charge in [-0.3, -0.25) is 0 Å². The normalized spacial score (nSPS) is 12.6. The zero-order valence-electron chi connectivity index (χ0n) is 10.9. The summed E-state index contributed by atoms with van der Waals surface area (Å²) < 4.78 is 25.3. The van der Waals surface area contributed by atoms with Crippen LogP contribution in [-0.4, -0.2) is 6.79 Å². The average molecular weight is 338 g/mol. The van der Waals surface area contributed by atoms with Gasteiger partial charge in [0.05, 0.1) is 5.69 Å². The molecule has 0 fully saturated rings. The van der Waals surface area contributed by atoms with Crippen molar-refractivity contribution >= 4 is 21.6 Å². The first-order chi connectivity index (χ1) is 9.63. The van der Waals surface area contributed by atoms with Crippen LogP contribution in [0.3, 0.4) is 0 Å². The summed E-state index contributed by atoms with van der Waals surface area (Å²) in [6.45, 7) is 2.60. The SMILES string of the molecule is Cc1ccc(NCc2cc3c(cc2Br)OCO3)c(F)c1. The van der Waals surface area contributed by atoms with E-state index in [2.05, 4.69) is 21.2 Å². The molecule has 0 saturated carbocycles. The second-order valence-corrected chi connectivity index (χ2v) is 5.49. The van der Waals surface area contributed by atoms with Crippen molar-refractivity contribution in [2.24, 2.45) is 0 Å². The van der Waals surface area contributed by atoms with Crippen molar-refractivity contribution in [3.63, 3.8) is 0 Å². The Morgan fingerprint density at radius 2 is 1.95 bits per heavy atom. The first-order valence-electron chi connectivity index (χ1n) is 6.21. The maximum absolute atomic E-state index is 13.8. The van der Waals surface area contributed by atoms with E-state index in [4.69, 9.17) is 9.47 Å². The van der Waals surface area contributed by atoms with Crippen molar-refractivity contribution in [1.82, 2.24) is 0 Å². The molecule has 3 rings (SSSR count). The molecule has 0 unspecified atom stereocenters. The minimum absolute atomic E-state index is 0.241. The smallest absolute Gasteiger partial charge is 0.231 e. The fourth-order valence-corrected chi connectivity index (χ4v) is 2.51. The Morgan fingerprint density at radius 3 is 2.70 bits per heavy atom. The molecule has 2 aromatic carbocycles. The monoisotopic (exact) mass is 337 g/mol. The van der Waals surface area contributed by atoms with Crippen molar-refractivity contribution < 1.29 is 13.9 Å². The van der Waals surface area contributed by atoms with Crippen molar-refractivity contribution in [1.29, 1.82) is 0 Å². The lowest BCUT2D eigenvalue weighted by molar-refractivity contribution is 0.174. The summed E-state index contributed by atoms with van der Waals surface area (Å²) in [5.74, 6) is 1.19. The predicted molar refractivity (Wildman–Crippen MR) is 78.7 cm³/mol. The summed E-state index contributed by atoms with van der Waals surface area (Å²) in [6, 6.07) is 8.89. The molecular weight excluding hydrogens is 325 g/mol. The standard InChI is InChI=1S/C15H13BrFNO2/c1-9-2-3-13(12(17)4-9)18-7-10-5-14-15(6-11(10)16)20-8-19-14/h2-6,18H,7-8H2,1H3. The molecule has 20 heavy (non-hydrogen) atoms. The van der Waals surface area contributed by atoms with Gasteiger partial charge in [-0.2, -0.15) is 0 Å². The minimum atomic E-state index is -0.248. The second-order valence-electron chi connectivity index (χ2n) is 4.63. The molecule has 1 aliphatic rings. The van der Waals surface area contributed by atoms with Gasteiger partial charge in [0.25, 0.3) is 0 Å². The molecule has 2 aromatic rings. The number of fused-ring (bicyclic) bond motifs is 1. The molecule has 1 aliphatic heterocycles. The van der Waals surface area contributed by atoms with E-state index in [1.54, 1.807) is 6.07 Å². The largest absolute Gasteiger partial charge is 0.454 e. The molecule has 5 heteroatoms. The molecule has 0 radical (unpaired) electrons. The average Bonchev–Trinajstić information content (AvgIpc) is 2.84. The van der Waals surface area contributed by atoms with E-state index in [1.165, 1.54) is 6.07 Å². The van der Waals surface area contributed by atoms with E-state index in [0.717, 1.165) is 27.1 Å². The second kappa shape index (κ2) is 5.32. The van der Waals surface area contributed by atoms with Gasteiger partial charge in [-0.05, 0) is 42.3 Å². The lowest BCUT2D eigenvalue weighted by Gasteiger charge is -2.10. The maximum Gasteiger partial charge on any atom is 0.231 e. The lowest BCUT2D eigenvalue weighted by Crippen LogP contribution is -2.02. The Morgan fingerprint density at radius 1 is 1.20 bits per heavy atom. The molecule has 1 N–H and O–H groups in total. The third-order valence-corrected chi connectivity index (χ3v) is 3.87. The minimum Gasteiger partial charge on any atom is -0.454 e. The van der Waals surface area contributed by atoms with E-state index in [-0.39, 0.29) is 12.6 Å². The zero-order valence-corrected chi connectivity index (χ0v) is 12.5. The van der Waals surface area contributed by atoms with Crippen LogP contribution in [0.2, 0.25) is 0 Å². The topological polar surface area (TPSA) is 30.5 Å². The third kappa shape index (κ3) is 2.58. The summed E-state index contributed by atoms with van der Waals surface area (Å²) in [4.78, 5) is 0. The summed E-state index contributed by atoms with van der Waals surface area (Å²) >= 11 is 3.48. The number of aryl methyl sites for hydroxylation is 1. The summed E-state index contributed by atoms with van der Waals surface area (Å²) in [6.07, 6.45) is 0. The quantitative estimate of drug-likeness (QED) is 0.908. The van der Waals surface area contributed by atoms with Gasteiger partial charge < -0.3 is 14.8 Å². The maximum atomic E-state index is 13.8. The van der Waals surface area contributed by atoms with Crippen molar-refractivity contribution in [3.05, 3.63) is 51.7 Å². The number of anilines is 1. The molecule has 0 amide bonds. The molecule has 0 spiro atoms. The Kier molecular flexibility index (Phi) is 3.53. The predicted octanol–water partition coefficient (Wildman–Crippen LogP) is 4.24. The van der Waals surface area contributed by atoms with Gasteiger partial charge in [0, 0.05) is 11.0 Å². The Balaban J connectivity index is 1.78. The number of halogens is 2. The van der Waals surface area contributed by atoms with Gasteiger partial charge in [0.15, 0.2) is 11.5 Å². The van der Waals surface area contributed by atoms with Crippen LogP contribution in [0.15, 0.2) is 34.8 Å². The van der Waals surface area contributed by atoms with Crippen molar-refractivity contribution in [2.45, 2.75) is 13.5 Å². The van der Waals surface area contributed by atoms with Gasteiger partial charge >= 0.3 is 0 Å². The first-order valence-corrected chi connectivity index (χ1v) is 7.01. The first kappa shape index (κ1) is 13.2. The van der Waals surface area contributed by atoms with Crippen LogP contribution in [-0.2, 0) is 6.54 Å². The van der Waals surface area contributed by atoms with Gasteiger partial charge in [0.2, 0.25) is 6.79 Å². The van der Waals surface area contributed by atoms with Crippen LogP contribution in [0, 0.1) is 12.7 Å². The van der Waals surface area contributed by atoms with Crippen LogP contribution >= 0.6 is 15.9 Å². The summed E-state index contributed by atoms with van der Waals surface area (Å²) in [7, 11) is 0. The summed E-state index contributed by atoms with van der Waals surface area (Å²) in [5, 5.41) is 3.09. The molecule has 0 aromatic heterocycles. The Labute approximate surface area is 124 Å².